The van der Waals surface area contributed by atoms with E-state index < -0.39 is 0 Å². The van der Waals surface area contributed by atoms with Gasteiger partial charge < -0.3 is 5.32 Å². The van der Waals surface area contributed by atoms with Crippen LogP contribution in [0.4, 0.5) is 4.39 Å². The molecular formula is C16H14FN3S. The maximum atomic E-state index is 14.0. The summed E-state index contributed by atoms with van der Waals surface area (Å²) >= 11 is 1.23. The van der Waals surface area contributed by atoms with Crippen molar-refractivity contribution < 1.29 is 4.39 Å². The molecule has 3 nitrogen and oxygen atoms in total. The van der Waals surface area contributed by atoms with Crippen LogP contribution in [0.25, 0.3) is 11.0 Å². The number of benzene rings is 2. The van der Waals surface area contributed by atoms with Gasteiger partial charge in [-0.3, -0.25) is 0 Å². The van der Waals surface area contributed by atoms with E-state index in [1.165, 1.54) is 11.7 Å². The molecule has 0 saturated heterocycles. The summed E-state index contributed by atoms with van der Waals surface area (Å²) in [5, 5.41) is 3.47. The van der Waals surface area contributed by atoms with Gasteiger partial charge >= 0.3 is 0 Å². The van der Waals surface area contributed by atoms with Crippen molar-refractivity contribution in [1.29, 1.82) is 0 Å². The van der Waals surface area contributed by atoms with Crippen LogP contribution < -0.4 is 5.32 Å². The first-order chi connectivity index (χ1) is 10.3. The van der Waals surface area contributed by atoms with E-state index in [0.29, 0.717) is 6.54 Å². The summed E-state index contributed by atoms with van der Waals surface area (Å²) in [4.78, 5) is 0. The van der Waals surface area contributed by atoms with Crippen molar-refractivity contribution in [2.24, 2.45) is 0 Å². The maximum absolute atomic E-state index is 14.0. The summed E-state index contributed by atoms with van der Waals surface area (Å²) in [7, 11) is 0. The van der Waals surface area contributed by atoms with E-state index in [2.05, 4.69) is 14.1 Å². The number of hydrogen-bond donors (Lipinski definition) is 1. The third kappa shape index (κ3) is 2.32. The molecule has 0 bridgehead atoms. The number of aryl methyl sites for hydroxylation is 1. The molecule has 0 aliphatic heterocycles. The number of aromatic nitrogens is 2. The lowest BCUT2D eigenvalue weighted by molar-refractivity contribution is 0.503. The Balaban J connectivity index is 1.53. The standard InChI is InChI=1S/C16H14FN3S/c17-12-3-1-2-11-5-7-14(16(11)12)18-9-10-4-6-13-15(8-10)20-21-19-13/h1-4,6,8,14,18H,5,7,9H2. The molecule has 1 aliphatic rings. The lowest BCUT2D eigenvalue weighted by Gasteiger charge is -2.14. The van der Waals surface area contributed by atoms with Gasteiger partial charge in [0.05, 0.1) is 11.7 Å². The first-order valence-corrected chi connectivity index (χ1v) is 7.76. The van der Waals surface area contributed by atoms with Crippen LogP contribution in [0.2, 0.25) is 0 Å². The molecule has 1 N–H and O–H groups in total. The molecule has 4 rings (SSSR count). The van der Waals surface area contributed by atoms with Crippen molar-refractivity contribution in [2.45, 2.75) is 25.4 Å². The van der Waals surface area contributed by atoms with Crippen LogP contribution in [-0.2, 0) is 13.0 Å². The largest absolute Gasteiger partial charge is 0.306 e. The highest BCUT2D eigenvalue weighted by Crippen LogP contribution is 2.33. The second kappa shape index (κ2) is 5.16. The second-order valence-corrected chi connectivity index (χ2v) is 5.90. The van der Waals surface area contributed by atoms with Gasteiger partial charge in [0.25, 0.3) is 0 Å². The highest BCUT2D eigenvalue weighted by molar-refractivity contribution is 7.00. The predicted octanol–water partition coefficient (Wildman–Crippen LogP) is 3.61. The van der Waals surface area contributed by atoms with Gasteiger partial charge in [0, 0.05) is 18.2 Å². The topological polar surface area (TPSA) is 37.8 Å². The molecule has 5 heteroatoms. The summed E-state index contributed by atoms with van der Waals surface area (Å²) in [5.41, 5.74) is 4.99. The monoisotopic (exact) mass is 299 g/mol. The molecule has 2 aromatic carbocycles. The Morgan fingerprint density at radius 2 is 2.10 bits per heavy atom. The van der Waals surface area contributed by atoms with Crippen LogP contribution in [0.3, 0.4) is 0 Å². The summed E-state index contributed by atoms with van der Waals surface area (Å²) in [6, 6.07) is 11.5. The predicted molar refractivity (Wildman–Crippen MR) is 81.7 cm³/mol. The van der Waals surface area contributed by atoms with Crippen molar-refractivity contribution in [2.75, 3.05) is 0 Å². The number of fused-ring (bicyclic) bond motifs is 2. The van der Waals surface area contributed by atoms with Gasteiger partial charge in [-0.2, -0.15) is 8.75 Å². The van der Waals surface area contributed by atoms with Crippen molar-refractivity contribution in [3.8, 4) is 0 Å². The van der Waals surface area contributed by atoms with E-state index in [9.17, 15) is 4.39 Å². The van der Waals surface area contributed by atoms with Crippen molar-refractivity contribution in [1.82, 2.24) is 14.1 Å². The Morgan fingerprint density at radius 1 is 1.19 bits per heavy atom. The molecule has 1 aliphatic carbocycles. The summed E-state index contributed by atoms with van der Waals surface area (Å²) in [6.07, 6.45) is 1.90. The molecule has 1 aromatic heterocycles. The first-order valence-electron chi connectivity index (χ1n) is 7.03. The lowest BCUT2D eigenvalue weighted by Crippen LogP contribution is -2.19. The van der Waals surface area contributed by atoms with Crippen LogP contribution in [0.5, 0.6) is 0 Å². The van der Waals surface area contributed by atoms with Gasteiger partial charge in [-0.25, -0.2) is 4.39 Å². The fourth-order valence-corrected chi connectivity index (χ4v) is 3.53. The summed E-state index contributed by atoms with van der Waals surface area (Å²) < 4.78 is 22.4. The zero-order valence-corrected chi connectivity index (χ0v) is 12.2. The molecule has 0 amide bonds. The van der Waals surface area contributed by atoms with Gasteiger partial charge in [-0.1, -0.05) is 18.2 Å². The zero-order valence-electron chi connectivity index (χ0n) is 11.3. The molecule has 3 aromatic rings. The Hall–Kier alpha value is -1.85. The Labute approximate surface area is 126 Å². The molecule has 1 atom stereocenters. The number of rotatable bonds is 3. The number of nitrogens with one attached hydrogen (secondary N) is 1. The lowest BCUT2D eigenvalue weighted by atomic mass is 10.1. The average molecular weight is 299 g/mol. The van der Waals surface area contributed by atoms with Crippen LogP contribution in [0, 0.1) is 5.82 Å². The molecule has 21 heavy (non-hydrogen) atoms. The molecule has 106 valence electrons. The Bertz CT molecular complexity index is 799. The fourth-order valence-electron chi connectivity index (χ4n) is 3.02. The molecule has 1 unspecified atom stereocenters. The fraction of sp³-hybridized carbons (Fsp3) is 0.250. The molecule has 0 spiro atoms. The van der Waals surface area contributed by atoms with E-state index in [1.807, 2.05) is 24.3 Å². The van der Waals surface area contributed by atoms with Gasteiger partial charge in [0.1, 0.15) is 16.9 Å². The quantitative estimate of drug-likeness (QED) is 0.803. The third-order valence-electron chi connectivity index (χ3n) is 4.06. The summed E-state index contributed by atoms with van der Waals surface area (Å²) in [5.74, 6) is -0.0957. The van der Waals surface area contributed by atoms with Crippen LogP contribution in [0.1, 0.15) is 29.2 Å². The van der Waals surface area contributed by atoms with Crippen LogP contribution in [0.15, 0.2) is 36.4 Å². The van der Waals surface area contributed by atoms with E-state index >= 15 is 0 Å². The van der Waals surface area contributed by atoms with Crippen molar-refractivity contribution >= 4 is 22.8 Å². The highest BCUT2D eigenvalue weighted by atomic mass is 32.1. The van der Waals surface area contributed by atoms with E-state index in [1.54, 1.807) is 12.1 Å². The van der Waals surface area contributed by atoms with Crippen molar-refractivity contribution in [3.63, 3.8) is 0 Å². The highest BCUT2D eigenvalue weighted by Gasteiger charge is 2.25. The average Bonchev–Trinajstić information content (AvgIpc) is 3.11. The molecule has 0 saturated carbocycles. The summed E-state index contributed by atoms with van der Waals surface area (Å²) in [6.45, 7) is 0.714. The van der Waals surface area contributed by atoms with Gasteiger partial charge in [-0.15, -0.1) is 0 Å². The molecule has 0 radical (unpaired) electrons. The second-order valence-electron chi connectivity index (χ2n) is 5.37. The molecule has 1 heterocycles. The number of hydrogen-bond acceptors (Lipinski definition) is 4. The van der Waals surface area contributed by atoms with Gasteiger partial charge in [0.2, 0.25) is 0 Å². The minimum atomic E-state index is -0.0957. The minimum absolute atomic E-state index is 0.0957. The SMILES string of the molecule is Fc1cccc2c1C(NCc1ccc3nsnc3c1)CC2. The Morgan fingerprint density at radius 3 is 3.05 bits per heavy atom. The minimum Gasteiger partial charge on any atom is -0.306 e. The maximum Gasteiger partial charge on any atom is 0.128 e. The van der Waals surface area contributed by atoms with E-state index in [0.717, 1.165) is 40.6 Å². The van der Waals surface area contributed by atoms with Crippen molar-refractivity contribution in [3.05, 3.63) is 58.9 Å². The first kappa shape index (κ1) is 12.9. The normalized spacial score (nSPS) is 17.3. The van der Waals surface area contributed by atoms with E-state index in [4.69, 9.17) is 0 Å². The zero-order chi connectivity index (χ0) is 14.2. The number of halogens is 1. The van der Waals surface area contributed by atoms with E-state index in [-0.39, 0.29) is 11.9 Å². The molecular weight excluding hydrogens is 285 g/mol. The third-order valence-corrected chi connectivity index (χ3v) is 4.62. The van der Waals surface area contributed by atoms with Gasteiger partial charge in [0.15, 0.2) is 0 Å². The smallest absolute Gasteiger partial charge is 0.128 e. The Kier molecular flexibility index (Phi) is 3.16. The molecule has 0 fully saturated rings. The van der Waals surface area contributed by atoms with Crippen LogP contribution in [-0.4, -0.2) is 8.75 Å². The number of nitrogens with zero attached hydrogens (tertiary/aromatic N) is 2. The van der Waals surface area contributed by atoms with Crippen LogP contribution >= 0.6 is 11.7 Å². The van der Waals surface area contributed by atoms with Gasteiger partial charge in [-0.05, 0) is 42.2 Å².